The Morgan fingerprint density at radius 3 is 2.52 bits per heavy atom. The zero-order chi connectivity index (χ0) is 22.5. The fourth-order valence-electron chi connectivity index (χ4n) is 3.40. The van der Waals surface area contributed by atoms with E-state index >= 15 is 0 Å². The van der Waals surface area contributed by atoms with Gasteiger partial charge >= 0.3 is 5.97 Å². The van der Waals surface area contributed by atoms with Crippen LogP contribution in [0, 0.1) is 12.8 Å². The normalized spacial score (nSPS) is 15.5. The summed E-state index contributed by atoms with van der Waals surface area (Å²) < 4.78 is 10.5. The molecule has 1 atom stereocenters. The first kappa shape index (κ1) is 22.1. The number of amides is 2. The number of benzene rings is 2. The van der Waals surface area contributed by atoms with E-state index < -0.39 is 24.4 Å². The van der Waals surface area contributed by atoms with Gasteiger partial charge in [-0.2, -0.15) is 0 Å². The summed E-state index contributed by atoms with van der Waals surface area (Å²) in [6.45, 7) is 1.69. The molecule has 1 heterocycles. The Labute approximate surface area is 181 Å². The van der Waals surface area contributed by atoms with E-state index in [9.17, 15) is 14.4 Å². The first-order valence-electron chi connectivity index (χ1n) is 9.97. The van der Waals surface area contributed by atoms with Gasteiger partial charge in [0.2, 0.25) is 5.91 Å². The van der Waals surface area contributed by atoms with E-state index in [4.69, 9.17) is 9.47 Å². The molecule has 3 rings (SSSR count). The van der Waals surface area contributed by atoms with Crippen molar-refractivity contribution in [2.75, 3.05) is 49.5 Å². The monoisotopic (exact) mass is 425 g/mol. The van der Waals surface area contributed by atoms with E-state index in [2.05, 4.69) is 5.32 Å². The number of rotatable bonds is 7. The van der Waals surface area contributed by atoms with Crippen LogP contribution in [0.25, 0.3) is 0 Å². The Morgan fingerprint density at radius 2 is 1.87 bits per heavy atom. The molecule has 1 aliphatic heterocycles. The average Bonchev–Trinajstić information content (AvgIpc) is 3.14. The molecule has 2 aromatic carbocycles. The van der Waals surface area contributed by atoms with Gasteiger partial charge in [0.25, 0.3) is 5.91 Å². The minimum absolute atomic E-state index is 0.0313. The number of methoxy groups -OCH3 is 1. The number of carbonyl (C=O) groups excluding carboxylic acids is 3. The van der Waals surface area contributed by atoms with E-state index in [-0.39, 0.29) is 18.9 Å². The maximum atomic E-state index is 12.5. The predicted octanol–water partition coefficient (Wildman–Crippen LogP) is 2.60. The minimum atomic E-state index is -0.634. The molecule has 0 unspecified atom stereocenters. The van der Waals surface area contributed by atoms with Crippen molar-refractivity contribution in [3.05, 3.63) is 48.0 Å². The van der Waals surface area contributed by atoms with Gasteiger partial charge in [-0.15, -0.1) is 0 Å². The van der Waals surface area contributed by atoms with E-state index in [0.29, 0.717) is 17.1 Å². The molecule has 8 nitrogen and oxygen atoms in total. The molecular weight excluding hydrogens is 398 g/mol. The second kappa shape index (κ2) is 9.51. The number of nitrogens with one attached hydrogen (secondary N) is 1. The van der Waals surface area contributed by atoms with Crippen molar-refractivity contribution in [1.29, 1.82) is 0 Å². The molecule has 1 fully saturated rings. The van der Waals surface area contributed by atoms with Crippen molar-refractivity contribution in [2.24, 2.45) is 5.92 Å². The van der Waals surface area contributed by atoms with E-state index in [1.54, 1.807) is 18.2 Å². The van der Waals surface area contributed by atoms with Crippen molar-refractivity contribution in [1.82, 2.24) is 0 Å². The number of hydrogen-bond acceptors (Lipinski definition) is 6. The van der Waals surface area contributed by atoms with Crippen LogP contribution in [0.5, 0.6) is 5.75 Å². The molecule has 0 saturated carbocycles. The van der Waals surface area contributed by atoms with Crippen molar-refractivity contribution in [3.63, 3.8) is 0 Å². The molecule has 164 valence electrons. The van der Waals surface area contributed by atoms with Gasteiger partial charge in [-0.3, -0.25) is 14.4 Å². The second-order valence-corrected chi connectivity index (χ2v) is 7.68. The standard InChI is InChI=1S/C23H27N3O5/c1-15-5-10-20(30-4)19(11-15)26-13-16(12-22(26)28)23(29)31-14-21(27)24-17-6-8-18(9-7-17)25(2)3/h5-11,16H,12-14H2,1-4H3,(H,24,27)/t16-/m0/s1. The number of ether oxygens (including phenoxy) is 2. The third kappa shape index (κ3) is 5.33. The number of carbonyl (C=O) groups is 3. The first-order chi connectivity index (χ1) is 14.8. The highest BCUT2D eigenvalue weighted by atomic mass is 16.5. The molecule has 2 amide bonds. The number of anilines is 3. The maximum Gasteiger partial charge on any atom is 0.311 e. The Bertz CT molecular complexity index is 972. The van der Waals surface area contributed by atoms with Gasteiger partial charge in [0.1, 0.15) is 5.75 Å². The van der Waals surface area contributed by atoms with Crippen LogP contribution in [0.3, 0.4) is 0 Å². The lowest BCUT2D eigenvalue weighted by Crippen LogP contribution is -2.28. The molecule has 1 saturated heterocycles. The zero-order valence-electron chi connectivity index (χ0n) is 18.2. The van der Waals surface area contributed by atoms with E-state index in [1.807, 2.05) is 50.2 Å². The summed E-state index contributed by atoms with van der Waals surface area (Å²) in [7, 11) is 5.39. The summed E-state index contributed by atoms with van der Waals surface area (Å²) in [5.74, 6) is -1.26. The van der Waals surface area contributed by atoms with Crippen molar-refractivity contribution < 1.29 is 23.9 Å². The molecule has 0 aliphatic carbocycles. The SMILES string of the molecule is COc1ccc(C)cc1N1C[C@@H](C(=O)OCC(=O)Nc2ccc(N(C)C)cc2)CC1=O. The van der Waals surface area contributed by atoms with Crippen LogP contribution < -0.4 is 19.9 Å². The molecule has 8 heteroatoms. The summed E-state index contributed by atoms with van der Waals surface area (Å²) in [5.41, 5.74) is 3.22. The Hall–Kier alpha value is -3.55. The second-order valence-electron chi connectivity index (χ2n) is 7.68. The van der Waals surface area contributed by atoms with E-state index in [0.717, 1.165) is 11.3 Å². The predicted molar refractivity (Wildman–Crippen MR) is 119 cm³/mol. The van der Waals surface area contributed by atoms with Crippen molar-refractivity contribution >= 4 is 34.8 Å². The Morgan fingerprint density at radius 1 is 1.16 bits per heavy atom. The third-order valence-corrected chi connectivity index (χ3v) is 5.10. The van der Waals surface area contributed by atoms with Crippen LogP contribution in [-0.4, -0.2) is 52.1 Å². The minimum Gasteiger partial charge on any atom is -0.495 e. The molecule has 0 radical (unpaired) electrons. The maximum absolute atomic E-state index is 12.5. The summed E-state index contributed by atoms with van der Waals surface area (Å²) in [6.07, 6.45) is 0.0313. The van der Waals surface area contributed by atoms with Gasteiger partial charge in [0.15, 0.2) is 6.61 Å². The topological polar surface area (TPSA) is 88.2 Å². The van der Waals surface area contributed by atoms with E-state index in [1.165, 1.54) is 12.0 Å². The fourth-order valence-corrected chi connectivity index (χ4v) is 3.40. The molecule has 0 spiro atoms. The Balaban J connectivity index is 1.55. The van der Waals surface area contributed by atoms with Gasteiger partial charge in [-0.1, -0.05) is 6.07 Å². The van der Waals surface area contributed by atoms with Crippen LogP contribution in [0.15, 0.2) is 42.5 Å². The molecule has 2 aromatic rings. The van der Waals surface area contributed by atoms with Crippen LogP contribution in [-0.2, 0) is 19.1 Å². The van der Waals surface area contributed by atoms with Gasteiger partial charge in [-0.25, -0.2) is 0 Å². The summed E-state index contributed by atoms with van der Waals surface area (Å²) in [4.78, 5) is 40.6. The highest BCUT2D eigenvalue weighted by molar-refractivity contribution is 6.01. The number of aryl methyl sites for hydroxylation is 1. The summed E-state index contributed by atoms with van der Waals surface area (Å²) in [6, 6.07) is 12.8. The lowest BCUT2D eigenvalue weighted by atomic mass is 10.1. The third-order valence-electron chi connectivity index (χ3n) is 5.10. The quantitative estimate of drug-likeness (QED) is 0.686. The largest absolute Gasteiger partial charge is 0.495 e. The number of nitrogens with zero attached hydrogens (tertiary/aromatic N) is 2. The summed E-state index contributed by atoms with van der Waals surface area (Å²) >= 11 is 0. The van der Waals surface area contributed by atoms with Gasteiger partial charge in [0.05, 0.1) is 18.7 Å². The number of esters is 1. The van der Waals surface area contributed by atoms with Crippen molar-refractivity contribution in [3.8, 4) is 5.75 Å². The zero-order valence-corrected chi connectivity index (χ0v) is 18.2. The molecule has 1 aliphatic rings. The highest BCUT2D eigenvalue weighted by Gasteiger charge is 2.37. The average molecular weight is 425 g/mol. The molecule has 0 aromatic heterocycles. The first-order valence-corrected chi connectivity index (χ1v) is 9.97. The van der Waals surface area contributed by atoms with Gasteiger partial charge < -0.3 is 24.6 Å². The molecule has 31 heavy (non-hydrogen) atoms. The number of hydrogen-bond donors (Lipinski definition) is 1. The molecular formula is C23H27N3O5. The smallest absolute Gasteiger partial charge is 0.311 e. The fraction of sp³-hybridized carbons (Fsp3) is 0.348. The van der Waals surface area contributed by atoms with Gasteiger partial charge in [0, 0.05) is 38.4 Å². The highest BCUT2D eigenvalue weighted by Crippen LogP contribution is 2.34. The van der Waals surface area contributed by atoms with Crippen LogP contribution in [0.2, 0.25) is 0 Å². The molecule has 0 bridgehead atoms. The van der Waals surface area contributed by atoms with Crippen molar-refractivity contribution in [2.45, 2.75) is 13.3 Å². The summed E-state index contributed by atoms with van der Waals surface area (Å²) in [5, 5.41) is 2.69. The van der Waals surface area contributed by atoms with Crippen LogP contribution in [0.1, 0.15) is 12.0 Å². The lowest BCUT2D eigenvalue weighted by molar-refractivity contribution is -0.151. The van der Waals surface area contributed by atoms with Crippen LogP contribution >= 0.6 is 0 Å². The van der Waals surface area contributed by atoms with Gasteiger partial charge in [-0.05, 0) is 48.9 Å². The Kier molecular flexibility index (Phi) is 6.79. The van der Waals surface area contributed by atoms with Crippen LogP contribution in [0.4, 0.5) is 17.1 Å². The molecule has 1 N–H and O–H groups in total. The lowest BCUT2D eigenvalue weighted by Gasteiger charge is -2.20.